The first kappa shape index (κ1) is 23.2. The molecular formula is C24H33N7O2S. The van der Waals surface area contributed by atoms with Gasteiger partial charge in [-0.3, -0.25) is 14.3 Å². The maximum Gasteiger partial charge on any atom is 0.216 e. The molecular weight excluding hydrogens is 450 g/mol. The number of hydrogen-bond donors (Lipinski definition) is 0. The predicted molar refractivity (Wildman–Crippen MR) is 132 cm³/mol. The molecule has 1 fully saturated rings. The Bertz CT molecular complexity index is 1270. The second-order valence-electron chi connectivity index (χ2n) is 9.56. The number of rotatable bonds is 6. The summed E-state index contributed by atoms with van der Waals surface area (Å²) in [5.41, 5.74) is 4.39. The third kappa shape index (κ3) is 4.30. The molecule has 0 saturated carbocycles. The van der Waals surface area contributed by atoms with E-state index in [4.69, 9.17) is 4.98 Å². The number of aryl methyl sites for hydroxylation is 1. The van der Waals surface area contributed by atoms with Crippen LogP contribution < -0.4 is 4.90 Å². The fourth-order valence-electron chi connectivity index (χ4n) is 5.09. The van der Waals surface area contributed by atoms with Gasteiger partial charge in [-0.15, -0.1) is 0 Å². The summed E-state index contributed by atoms with van der Waals surface area (Å²) in [4.78, 5) is 18.7. The van der Waals surface area contributed by atoms with Gasteiger partial charge >= 0.3 is 0 Å². The molecule has 1 aliphatic heterocycles. The number of imidazole rings is 1. The average Bonchev–Trinajstić information content (AvgIpc) is 3.26. The van der Waals surface area contributed by atoms with Crippen LogP contribution in [0.15, 0.2) is 36.8 Å². The first-order chi connectivity index (χ1) is 16.3. The van der Waals surface area contributed by atoms with Gasteiger partial charge in [-0.1, -0.05) is 6.07 Å². The van der Waals surface area contributed by atoms with Crippen molar-refractivity contribution in [2.75, 3.05) is 38.1 Å². The van der Waals surface area contributed by atoms with Gasteiger partial charge in [0.25, 0.3) is 0 Å². The molecule has 3 aromatic rings. The Hall–Kier alpha value is -2.56. The molecule has 0 amide bonds. The highest BCUT2D eigenvalue weighted by molar-refractivity contribution is 7.89. The number of aromatic nitrogens is 4. The molecule has 5 rings (SSSR count). The highest BCUT2D eigenvalue weighted by atomic mass is 32.2. The second-order valence-corrected chi connectivity index (χ2v) is 12.0. The zero-order chi connectivity index (χ0) is 23.9. The quantitative estimate of drug-likeness (QED) is 0.532. The van der Waals surface area contributed by atoms with E-state index < -0.39 is 15.3 Å². The Balaban J connectivity index is 1.33. The van der Waals surface area contributed by atoms with Crippen LogP contribution >= 0.6 is 0 Å². The molecule has 4 heterocycles. The number of hydrogen-bond acceptors (Lipinski definition) is 7. The van der Waals surface area contributed by atoms with Crippen molar-refractivity contribution in [3.63, 3.8) is 0 Å². The summed E-state index contributed by atoms with van der Waals surface area (Å²) >= 11 is 0. The summed E-state index contributed by atoms with van der Waals surface area (Å²) < 4.78 is 28.7. The van der Waals surface area contributed by atoms with Crippen molar-refractivity contribution in [1.82, 2.24) is 28.6 Å². The van der Waals surface area contributed by atoms with E-state index in [1.807, 2.05) is 22.7 Å². The standard InChI is InChI=1S/C24H33N7O2S/c1-18(2)34(32,33)30-14-12-29(13-15-30)24-26-11-9-22-27-20(17-31(22)24)16-28(3)21-8-4-6-19-7-5-10-25-23(19)21/h5,7,9-11,17-18,21H,4,6,8,12-16H2,1-3H3. The van der Waals surface area contributed by atoms with E-state index in [1.54, 1.807) is 24.3 Å². The number of nitrogens with zero attached hydrogens (tertiary/aromatic N) is 7. The van der Waals surface area contributed by atoms with Crippen molar-refractivity contribution in [1.29, 1.82) is 0 Å². The molecule has 34 heavy (non-hydrogen) atoms. The van der Waals surface area contributed by atoms with Gasteiger partial charge in [0.15, 0.2) is 0 Å². The third-order valence-electron chi connectivity index (χ3n) is 7.00. The van der Waals surface area contributed by atoms with Crippen LogP contribution in [0.2, 0.25) is 0 Å². The molecule has 0 aromatic carbocycles. The van der Waals surface area contributed by atoms with E-state index >= 15 is 0 Å². The molecule has 1 atom stereocenters. The van der Waals surface area contributed by atoms with Gasteiger partial charge in [-0.2, -0.15) is 4.31 Å². The SMILES string of the molecule is CC(C)S(=O)(=O)N1CCN(c2nccc3nc(CN(C)C4CCCc5cccnc54)cn23)CC1. The summed E-state index contributed by atoms with van der Waals surface area (Å²) in [5, 5.41) is -0.403. The lowest BCUT2D eigenvalue weighted by molar-refractivity contribution is 0.206. The van der Waals surface area contributed by atoms with E-state index in [0.29, 0.717) is 32.2 Å². The van der Waals surface area contributed by atoms with Gasteiger partial charge in [-0.25, -0.2) is 18.4 Å². The molecule has 0 bridgehead atoms. The number of anilines is 1. The zero-order valence-electron chi connectivity index (χ0n) is 20.1. The lowest BCUT2D eigenvalue weighted by atomic mass is 9.91. The number of sulfonamides is 1. The van der Waals surface area contributed by atoms with Crippen LogP contribution in [0.1, 0.15) is 49.7 Å². The van der Waals surface area contributed by atoms with E-state index in [2.05, 4.69) is 39.1 Å². The number of piperazine rings is 1. The topological polar surface area (TPSA) is 86.9 Å². The maximum absolute atomic E-state index is 12.5. The van der Waals surface area contributed by atoms with E-state index in [0.717, 1.165) is 36.7 Å². The van der Waals surface area contributed by atoms with Gasteiger partial charge in [0.1, 0.15) is 5.65 Å². The summed E-state index contributed by atoms with van der Waals surface area (Å²) in [6, 6.07) is 6.43. The van der Waals surface area contributed by atoms with Gasteiger partial charge in [0, 0.05) is 51.3 Å². The van der Waals surface area contributed by atoms with Crippen molar-refractivity contribution in [2.24, 2.45) is 0 Å². The molecule has 3 aromatic heterocycles. The van der Waals surface area contributed by atoms with E-state index in [1.165, 1.54) is 17.7 Å². The Labute approximate surface area is 201 Å². The molecule has 1 aliphatic carbocycles. The van der Waals surface area contributed by atoms with Crippen LogP contribution in [0.4, 0.5) is 5.95 Å². The number of fused-ring (bicyclic) bond motifs is 2. The van der Waals surface area contributed by atoms with Crippen molar-refractivity contribution >= 4 is 21.6 Å². The fraction of sp³-hybridized carbons (Fsp3) is 0.542. The Kier molecular flexibility index (Phi) is 6.30. The van der Waals surface area contributed by atoms with Crippen molar-refractivity contribution in [3.05, 3.63) is 53.7 Å². The third-order valence-corrected chi connectivity index (χ3v) is 9.27. The first-order valence-electron chi connectivity index (χ1n) is 12.1. The smallest absolute Gasteiger partial charge is 0.216 e. The first-order valence-corrected chi connectivity index (χ1v) is 13.6. The minimum atomic E-state index is -3.23. The van der Waals surface area contributed by atoms with Crippen LogP contribution in [-0.2, 0) is 23.0 Å². The van der Waals surface area contributed by atoms with Crippen LogP contribution in [-0.4, -0.2) is 75.5 Å². The molecule has 1 saturated heterocycles. The molecule has 0 radical (unpaired) electrons. The molecule has 9 nitrogen and oxygen atoms in total. The Morgan fingerprint density at radius 3 is 2.68 bits per heavy atom. The monoisotopic (exact) mass is 483 g/mol. The molecule has 2 aliphatic rings. The number of pyridine rings is 1. The lowest BCUT2D eigenvalue weighted by Crippen LogP contribution is -2.51. The Morgan fingerprint density at radius 1 is 1.12 bits per heavy atom. The normalized spacial score (nSPS) is 19.8. The van der Waals surface area contributed by atoms with Crippen LogP contribution in [0, 0.1) is 0 Å². The van der Waals surface area contributed by atoms with E-state index in [9.17, 15) is 8.42 Å². The van der Waals surface area contributed by atoms with E-state index in [-0.39, 0.29) is 0 Å². The average molecular weight is 484 g/mol. The van der Waals surface area contributed by atoms with Crippen molar-refractivity contribution < 1.29 is 8.42 Å². The molecule has 0 spiro atoms. The second kappa shape index (κ2) is 9.24. The molecule has 182 valence electrons. The molecule has 10 heteroatoms. The molecule has 0 N–H and O–H groups in total. The van der Waals surface area contributed by atoms with Crippen LogP contribution in [0.5, 0.6) is 0 Å². The summed E-state index contributed by atoms with van der Waals surface area (Å²) in [6.07, 6.45) is 9.11. The lowest BCUT2D eigenvalue weighted by Gasteiger charge is -2.35. The summed E-state index contributed by atoms with van der Waals surface area (Å²) in [6.45, 7) is 6.34. The maximum atomic E-state index is 12.5. The predicted octanol–water partition coefficient (Wildman–Crippen LogP) is 2.49. The fourth-order valence-corrected chi connectivity index (χ4v) is 6.35. The van der Waals surface area contributed by atoms with Crippen LogP contribution in [0.3, 0.4) is 0 Å². The minimum absolute atomic E-state index is 0.295. The van der Waals surface area contributed by atoms with Gasteiger partial charge in [0.05, 0.1) is 22.7 Å². The van der Waals surface area contributed by atoms with Crippen molar-refractivity contribution in [3.8, 4) is 0 Å². The minimum Gasteiger partial charge on any atom is -0.339 e. The molecule has 1 unspecified atom stereocenters. The Morgan fingerprint density at radius 2 is 1.91 bits per heavy atom. The highest BCUT2D eigenvalue weighted by Crippen LogP contribution is 2.32. The van der Waals surface area contributed by atoms with Gasteiger partial charge < -0.3 is 4.90 Å². The summed E-state index contributed by atoms with van der Waals surface area (Å²) in [7, 11) is -1.09. The van der Waals surface area contributed by atoms with Gasteiger partial charge in [-0.05, 0) is 57.9 Å². The summed E-state index contributed by atoms with van der Waals surface area (Å²) in [5.74, 6) is 0.810. The largest absolute Gasteiger partial charge is 0.339 e. The van der Waals surface area contributed by atoms with Crippen LogP contribution in [0.25, 0.3) is 5.65 Å². The zero-order valence-corrected chi connectivity index (χ0v) is 20.9. The highest BCUT2D eigenvalue weighted by Gasteiger charge is 2.30. The van der Waals surface area contributed by atoms with Crippen molar-refractivity contribution in [2.45, 2.75) is 50.9 Å². The van der Waals surface area contributed by atoms with Gasteiger partial charge in [0.2, 0.25) is 16.0 Å².